The van der Waals surface area contributed by atoms with Crippen molar-refractivity contribution >= 4 is 24.0 Å². The lowest BCUT2D eigenvalue weighted by atomic mass is 10.1. The fourth-order valence-electron chi connectivity index (χ4n) is 0.908. The van der Waals surface area contributed by atoms with Gasteiger partial charge >= 0.3 is 0 Å². The fourth-order valence-corrected chi connectivity index (χ4v) is 1.07. The summed E-state index contributed by atoms with van der Waals surface area (Å²) in [7, 11) is 0. The summed E-state index contributed by atoms with van der Waals surface area (Å²) in [5.41, 5.74) is 4.83. The van der Waals surface area contributed by atoms with Crippen molar-refractivity contribution < 1.29 is 13.2 Å². The predicted octanol–water partition coefficient (Wildman–Crippen LogP) is 3.17. The summed E-state index contributed by atoms with van der Waals surface area (Å²) in [6.07, 6.45) is -2.78. The van der Waals surface area contributed by atoms with E-state index in [1.54, 1.807) is 0 Å². The quantitative estimate of drug-likeness (QED) is 0.852. The maximum Gasteiger partial charge on any atom is 0.257 e. The van der Waals surface area contributed by atoms with Gasteiger partial charge in [-0.3, -0.25) is 0 Å². The molecule has 1 aromatic rings. The Labute approximate surface area is 90.5 Å². The third kappa shape index (κ3) is 3.04. The van der Waals surface area contributed by atoms with Crippen LogP contribution < -0.4 is 5.73 Å². The molecule has 0 heterocycles. The molecule has 6 heteroatoms. The van der Waals surface area contributed by atoms with Crippen molar-refractivity contribution in [1.29, 1.82) is 0 Å². The monoisotopic (exact) mass is 245 g/mol. The first kappa shape index (κ1) is 13.5. The number of hydrogen-bond donors (Lipinski definition) is 1. The first-order valence-electron chi connectivity index (χ1n) is 3.51. The Bertz CT molecular complexity index is 307. The lowest BCUT2D eigenvalue weighted by Gasteiger charge is -2.11. The summed E-state index contributed by atoms with van der Waals surface area (Å²) in [5.74, 6) is -0.805. The molecule has 14 heavy (non-hydrogen) atoms. The second-order valence-electron chi connectivity index (χ2n) is 2.53. The highest BCUT2D eigenvalue weighted by molar-refractivity contribution is 6.30. The number of alkyl halides is 2. The van der Waals surface area contributed by atoms with Crippen molar-refractivity contribution in [2.45, 2.75) is 12.5 Å². The summed E-state index contributed by atoms with van der Waals surface area (Å²) in [6, 6.07) is 1.84. The third-order valence-electron chi connectivity index (χ3n) is 1.59. The number of halogens is 5. The summed E-state index contributed by atoms with van der Waals surface area (Å²) in [4.78, 5) is 0. The van der Waals surface area contributed by atoms with Crippen molar-refractivity contribution in [1.82, 2.24) is 0 Å². The largest absolute Gasteiger partial charge is 0.319 e. The van der Waals surface area contributed by atoms with E-state index in [-0.39, 0.29) is 23.0 Å². The van der Waals surface area contributed by atoms with Crippen LogP contribution in [0.5, 0.6) is 0 Å². The molecule has 1 rings (SSSR count). The van der Waals surface area contributed by atoms with E-state index in [0.29, 0.717) is 0 Å². The zero-order valence-electron chi connectivity index (χ0n) is 6.88. The summed E-state index contributed by atoms with van der Waals surface area (Å²) in [6.45, 7) is 0. The minimum atomic E-state index is -2.78. The van der Waals surface area contributed by atoms with Gasteiger partial charge in [0.25, 0.3) is 6.43 Å². The van der Waals surface area contributed by atoms with Gasteiger partial charge in [-0.05, 0) is 12.1 Å². The maximum atomic E-state index is 13.0. The Morgan fingerprint density at radius 2 is 1.86 bits per heavy atom. The second kappa shape index (κ2) is 5.44. The molecular weight excluding hydrogens is 238 g/mol. The molecule has 80 valence electrons. The molecule has 0 aliphatic rings. The summed E-state index contributed by atoms with van der Waals surface area (Å²) >= 11 is 5.43. The SMILES string of the molecule is Cl.N[C@@H](c1ccc(Cl)cc1F)C(F)F. The van der Waals surface area contributed by atoms with Crippen LogP contribution in [0.3, 0.4) is 0 Å². The highest BCUT2D eigenvalue weighted by atomic mass is 35.5. The highest BCUT2D eigenvalue weighted by Crippen LogP contribution is 2.23. The lowest BCUT2D eigenvalue weighted by molar-refractivity contribution is 0.115. The molecule has 0 amide bonds. The molecule has 0 aromatic heterocycles. The van der Waals surface area contributed by atoms with E-state index >= 15 is 0 Å². The molecule has 2 N–H and O–H groups in total. The van der Waals surface area contributed by atoms with E-state index in [0.717, 1.165) is 12.1 Å². The van der Waals surface area contributed by atoms with Gasteiger partial charge in [-0.1, -0.05) is 17.7 Å². The van der Waals surface area contributed by atoms with E-state index in [1.807, 2.05) is 0 Å². The van der Waals surface area contributed by atoms with Gasteiger partial charge in [-0.25, -0.2) is 13.2 Å². The highest BCUT2D eigenvalue weighted by Gasteiger charge is 2.20. The van der Waals surface area contributed by atoms with Crippen LogP contribution in [0, 0.1) is 5.82 Å². The normalized spacial score (nSPS) is 12.4. The van der Waals surface area contributed by atoms with Crippen molar-refractivity contribution in [3.8, 4) is 0 Å². The number of rotatable bonds is 2. The first-order valence-corrected chi connectivity index (χ1v) is 3.89. The standard InChI is InChI=1S/C8H7ClF3N.ClH/c9-4-1-2-5(6(10)3-4)7(13)8(11)12;/h1-3,7-8H,13H2;1H/t7-;/m0./s1. The van der Waals surface area contributed by atoms with Crippen LogP contribution in [0.1, 0.15) is 11.6 Å². The fraction of sp³-hybridized carbons (Fsp3) is 0.250. The van der Waals surface area contributed by atoms with Gasteiger partial charge in [0.15, 0.2) is 0 Å². The molecule has 0 unspecified atom stereocenters. The topological polar surface area (TPSA) is 26.0 Å². The molecule has 0 fully saturated rings. The number of nitrogens with two attached hydrogens (primary N) is 1. The molecule has 0 saturated heterocycles. The van der Waals surface area contributed by atoms with Crippen LogP contribution >= 0.6 is 24.0 Å². The van der Waals surface area contributed by atoms with Crippen molar-refractivity contribution in [3.05, 3.63) is 34.6 Å². The third-order valence-corrected chi connectivity index (χ3v) is 1.83. The zero-order valence-corrected chi connectivity index (χ0v) is 8.46. The molecule has 1 atom stereocenters. The van der Waals surface area contributed by atoms with E-state index in [9.17, 15) is 13.2 Å². The van der Waals surface area contributed by atoms with Crippen LogP contribution in [-0.2, 0) is 0 Å². The second-order valence-corrected chi connectivity index (χ2v) is 2.96. The van der Waals surface area contributed by atoms with Crippen LogP contribution in [0.25, 0.3) is 0 Å². The molecule has 0 bridgehead atoms. The zero-order chi connectivity index (χ0) is 10.0. The van der Waals surface area contributed by atoms with Crippen LogP contribution in [0.2, 0.25) is 5.02 Å². The van der Waals surface area contributed by atoms with Gasteiger partial charge in [0, 0.05) is 10.6 Å². The van der Waals surface area contributed by atoms with Gasteiger partial charge < -0.3 is 5.73 Å². The Kier molecular flexibility index (Phi) is 5.26. The van der Waals surface area contributed by atoms with E-state index in [1.165, 1.54) is 6.07 Å². The van der Waals surface area contributed by atoms with Gasteiger partial charge in [0.1, 0.15) is 5.82 Å². The maximum absolute atomic E-state index is 13.0. The molecule has 0 aliphatic carbocycles. The minimum Gasteiger partial charge on any atom is -0.319 e. The average molecular weight is 246 g/mol. The molecule has 0 radical (unpaired) electrons. The van der Waals surface area contributed by atoms with E-state index < -0.39 is 18.3 Å². The smallest absolute Gasteiger partial charge is 0.257 e. The minimum absolute atomic E-state index is 0. The van der Waals surface area contributed by atoms with Crippen LogP contribution in [0.15, 0.2) is 18.2 Å². The number of hydrogen-bond acceptors (Lipinski definition) is 1. The molecule has 1 aromatic carbocycles. The Morgan fingerprint density at radius 1 is 1.29 bits per heavy atom. The Balaban J connectivity index is 0.00000169. The summed E-state index contributed by atoms with van der Waals surface area (Å²) in [5, 5.41) is 0.155. The van der Waals surface area contributed by atoms with Gasteiger partial charge in [0.05, 0.1) is 6.04 Å². The molecule has 0 saturated carbocycles. The van der Waals surface area contributed by atoms with E-state index in [4.69, 9.17) is 17.3 Å². The molecule has 0 aliphatic heterocycles. The van der Waals surface area contributed by atoms with Crippen LogP contribution in [-0.4, -0.2) is 6.43 Å². The molecule has 1 nitrogen and oxygen atoms in total. The molecule has 0 spiro atoms. The van der Waals surface area contributed by atoms with Gasteiger partial charge in [0.2, 0.25) is 0 Å². The van der Waals surface area contributed by atoms with Gasteiger partial charge in [-0.2, -0.15) is 0 Å². The Hall–Kier alpha value is -0.450. The van der Waals surface area contributed by atoms with Crippen molar-refractivity contribution in [2.75, 3.05) is 0 Å². The van der Waals surface area contributed by atoms with Gasteiger partial charge in [-0.15, -0.1) is 12.4 Å². The van der Waals surface area contributed by atoms with Crippen LogP contribution in [0.4, 0.5) is 13.2 Å². The first-order chi connectivity index (χ1) is 6.02. The van der Waals surface area contributed by atoms with Crippen molar-refractivity contribution in [2.24, 2.45) is 5.73 Å². The average Bonchev–Trinajstić information content (AvgIpc) is 2.03. The predicted molar refractivity (Wildman–Crippen MR) is 51.6 cm³/mol. The lowest BCUT2D eigenvalue weighted by Crippen LogP contribution is -2.20. The summed E-state index contributed by atoms with van der Waals surface area (Å²) < 4.78 is 37.1. The van der Waals surface area contributed by atoms with Crippen molar-refractivity contribution in [3.63, 3.8) is 0 Å². The van der Waals surface area contributed by atoms with E-state index in [2.05, 4.69) is 0 Å². The number of benzene rings is 1. The Morgan fingerprint density at radius 3 is 2.29 bits per heavy atom. The molecular formula is C8H8Cl2F3N.